The Balaban J connectivity index is 1.50. The van der Waals surface area contributed by atoms with Crippen molar-refractivity contribution in [1.29, 1.82) is 0 Å². The molecule has 38 heavy (non-hydrogen) atoms. The summed E-state index contributed by atoms with van der Waals surface area (Å²) in [6.07, 6.45) is 3.69. The molecule has 0 aliphatic carbocycles. The molecule has 0 radical (unpaired) electrons. The van der Waals surface area contributed by atoms with E-state index < -0.39 is 6.04 Å². The normalized spacial score (nSPS) is 16.4. The van der Waals surface area contributed by atoms with E-state index in [1.54, 1.807) is 10.9 Å². The van der Waals surface area contributed by atoms with Crippen LogP contribution in [0.15, 0.2) is 82.2 Å². The summed E-state index contributed by atoms with van der Waals surface area (Å²) in [5.74, 6) is 1.39. The summed E-state index contributed by atoms with van der Waals surface area (Å²) < 4.78 is 13.4. The third kappa shape index (κ3) is 5.03. The number of H-pyrrole nitrogens is 1. The molecule has 6 rings (SSSR count). The lowest BCUT2D eigenvalue weighted by Gasteiger charge is -2.30. The Morgan fingerprint density at radius 3 is 2.79 bits per heavy atom. The van der Waals surface area contributed by atoms with E-state index in [1.165, 1.54) is 0 Å². The van der Waals surface area contributed by atoms with Crippen LogP contribution in [0.2, 0.25) is 0 Å². The number of benzene rings is 2. The number of nitrogens with one attached hydrogen (secondary N) is 1. The highest BCUT2D eigenvalue weighted by molar-refractivity contribution is 5.82. The zero-order valence-corrected chi connectivity index (χ0v) is 21.3. The van der Waals surface area contributed by atoms with Gasteiger partial charge < -0.3 is 14.1 Å². The zero-order valence-electron chi connectivity index (χ0n) is 21.3. The maximum atomic E-state index is 13.7. The number of fused-ring (bicyclic) bond motifs is 1. The lowest BCUT2D eigenvalue weighted by molar-refractivity contribution is 0.0901. The van der Waals surface area contributed by atoms with E-state index in [1.807, 2.05) is 61.5 Å². The van der Waals surface area contributed by atoms with Gasteiger partial charge >= 0.3 is 0 Å². The fraction of sp³-hybridized carbons (Fsp3) is 0.310. The highest BCUT2D eigenvalue weighted by Gasteiger charge is 2.32. The second kappa shape index (κ2) is 10.7. The van der Waals surface area contributed by atoms with E-state index in [2.05, 4.69) is 37.5 Å². The molecule has 1 fully saturated rings. The third-order valence-electron chi connectivity index (χ3n) is 7.15. The smallest absolute Gasteiger partial charge is 0.253 e. The number of rotatable bonds is 9. The molecule has 3 aromatic heterocycles. The van der Waals surface area contributed by atoms with Gasteiger partial charge in [-0.2, -0.15) is 0 Å². The second-order valence-corrected chi connectivity index (χ2v) is 9.82. The fourth-order valence-electron chi connectivity index (χ4n) is 5.28. The molecule has 9 nitrogen and oxygen atoms in total. The summed E-state index contributed by atoms with van der Waals surface area (Å²) in [7, 11) is 0. The minimum atomic E-state index is -0.537. The molecule has 0 unspecified atom stereocenters. The summed E-state index contributed by atoms with van der Waals surface area (Å²) in [6, 6.07) is 21.4. The summed E-state index contributed by atoms with van der Waals surface area (Å²) >= 11 is 0. The van der Waals surface area contributed by atoms with Crippen molar-refractivity contribution in [2.45, 2.75) is 51.5 Å². The molecule has 5 aromatic rings. The van der Waals surface area contributed by atoms with Crippen LogP contribution in [0.25, 0.3) is 10.9 Å². The van der Waals surface area contributed by atoms with Crippen molar-refractivity contribution in [3.05, 3.63) is 112 Å². The van der Waals surface area contributed by atoms with Crippen LogP contribution in [0.5, 0.6) is 0 Å². The van der Waals surface area contributed by atoms with E-state index in [9.17, 15) is 4.79 Å². The predicted molar refractivity (Wildman–Crippen MR) is 142 cm³/mol. The molecule has 1 aliphatic rings. The van der Waals surface area contributed by atoms with Crippen molar-refractivity contribution in [1.82, 2.24) is 30.1 Å². The van der Waals surface area contributed by atoms with Gasteiger partial charge in [0.25, 0.3) is 5.56 Å². The molecule has 1 N–H and O–H groups in total. The molecular weight excluding hydrogens is 480 g/mol. The summed E-state index contributed by atoms with van der Waals surface area (Å²) in [5, 5.41) is 13.8. The summed E-state index contributed by atoms with van der Waals surface area (Å²) in [4.78, 5) is 19.1. The maximum Gasteiger partial charge on any atom is 0.253 e. The van der Waals surface area contributed by atoms with E-state index in [4.69, 9.17) is 9.15 Å². The number of nitrogens with zero attached hydrogens (tertiary/aromatic N) is 5. The first-order valence-electron chi connectivity index (χ1n) is 13.0. The van der Waals surface area contributed by atoms with Crippen LogP contribution in [-0.2, 0) is 24.4 Å². The number of pyridine rings is 1. The van der Waals surface area contributed by atoms with E-state index in [0.717, 1.165) is 47.2 Å². The first-order valence-corrected chi connectivity index (χ1v) is 13.0. The molecule has 4 heterocycles. The number of hydrogen-bond donors (Lipinski definition) is 1. The zero-order chi connectivity index (χ0) is 25.9. The Bertz CT molecular complexity index is 1550. The Labute approximate surface area is 220 Å². The molecule has 1 aliphatic heterocycles. The molecule has 0 saturated carbocycles. The summed E-state index contributed by atoms with van der Waals surface area (Å²) in [6.45, 7) is 4.29. The molecule has 2 atom stereocenters. The first kappa shape index (κ1) is 24.3. The average molecular weight is 511 g/mol. The monoisotopic (exact) mass is 510 g/mol. The topological polar surface area (TPSA) is 102 Å². The van der Waals surface area contributed by atoms with Gasteiger partial charge in [-0.15, -0.1) is 5.10 Å². The average Bonchev–Trinajstić information content (AvgIpc) is 3.71. The van der Waals surface area contributed by atoms with Gasteiger partial charge in [-0.3, -0.25) is 9.69 Å². The molecule has 0 spiro atoms. The standard InChI is InChI=1S/C29H30N6O3/c1-20-8-5-11-22-16-25(29(36)30-26(20)22)27(28-31-32-33-35(28)19-24-13-7-15-38-24)34(18-23-12-6-14-37-23)17-21-9-3-2-4-10-21/h2-6,8-12,14,16,24,27H,7,13,15,17-19H2,1H3,(H,30,36)/t24-,27-/m1/s1. The van der Waals surface area contributed by atoms with Crippen molar-refractivity contribution in [2.24, 2.45) is 0 Å². The maximum absolute atomic E-state index is 13.7. The molecule has 0 bridgehead atoms. The van der Waals surface area contributed by atoms with Gasteiger partial charge in [-0.1, -0.05) is 48.5 Å². The second-order valence-electron chi connectivity index (χ2n) is 9.82. The van der Waals surface area contributed by atoms with E-state index in [-0.39, 0.29) is 11.7 Å². The third-order valence-corrected chi connectivity index (χ3v) is 7.15. The lowest BCUT2D eigenvalue weighted by atomic mass is 10.0. The number of tetrazole rings is 1. The Morgan fingerprint density at radius 1 is 1.11 bits per heavy atom. The lowest BCUT2D eigenvalue weighted by Crippen LogP contribution is -2.35. The molecule has 2 aromatic carbocycles. The first-order chi connectivity index (χ1) is 18.7. The van der Waals surface area contributed by atoms with Crippen molar-refractivity contribution in [2.75, 3.05) is 6.61 Å². The van der Waals surface area contributed by atoms with E-state index >= 15 is 0 Å². The SMILES string of the molecule is Cc1cccc2cc([C@H](c3nnnn3C[C@H]3CCCO3)N(Cc3ccccc3)Cc3ccco3)c(=O)[nH]c12. The van der Waals surface area contributed by atoms with Crippen LogP contribution >= 0.6 is 0 Å². The quantitative estimate of drug-likeness (QED) is 0.314. The van der Waals surface area contributed by atoms with Gasteiger partial charge in [0, 0.05) is 18.7 Å². The minimum absolute atomic E-state index is 0.0445. The molecule has 194 valence electrons. The van der Waals surface area contributed by atoms with Crippen molar-refractivity contribution >= 4 is 10.9 Å². The number of aromatic nitrogens is 5. The van der Waals surface area contributed by atoms with Gasteiger partial charge in [0.1, 0.15) is 11.8 Å². The Morgan fingerprint density at radius 2 is 2.00 bits per heavy atom. The van der Waals surface area contributed by atoms with Crippen LogP contribution in [0.3, 0.4) is 0 Å². The highest BCUT2D eigenvalue weighted by Crippen LogP contribution is 2.31. The highest BCUT2D eigenvalue weighted by atomic mass is 16.5. The van der Waals surface area contributed by atoms with Crippen LogP contribution < -0.4 is 5.56 Å². The van der Waals surface area contributed by atoms with Gasteiger partial charge in [-0.05, 0) is 64.9 Å². The number of aromatic amines is 1. The molecule has 1 saturated heterocycles. The van der Waals surface area contributed by atoms with Gasteiger partial charge in [0.2, 0.25) is 0 Å². The largest absolute Gasteiger partial charge is 0.468 e. The van der Waals surface area contributed by atoms with Crippen molar-refractivity contribution < 1.29 is 9.15 Å². The minimum Gasteiger partial charge on any atom is -0.468 e. The number of hydrogen-bond acceptors (Lipinski definition) is 7. The van der Waals surface area contributed by atoms with E-state index in [0.29, 0.717) is 31.0 Å². The Hall–Kier alpha value is -4.08. The van der Waals surface area contributed by atoms with Gasteiger partial charge in [0.15, 0.2) is 5.82 Å². The predicted octanol–water partition coefficient (Wildman–Crippen LogP) is 4.39. The molecular formula is C29H30N6O3. The van der Waals surface area contributed by atoms with Crippen LogP contribution in [0, 0.1) is 6.92 Å². The van der Waals surface area contributed by atoms with Gasteiger partial charge in [0.05, 0.1) is 31.0 Å². The van der Waals surface area contributed by atoms with Crippen molar-refractivity contribution in [3.8, 4) is 0 Å². The fourth-order valence-corrected chi connectivity index (χ4v) is 5.28. The number of ether oxygens (including phenoxy) is 1. The number of furan rings is 1. The van der Waals surface area contributed by atoms with Crippen LogP contribution in [-0.4, -0.2) is 42.8 Å². The van der Waals surface area contributed by atoms with Gasteiger partial charge in [-0.25, -0.2) is 4.68 Å². The summed E-state index contributed by atoms with van der Waals surface area (Å²) in [5.41, 5.74) is 3.37. The Kier molecular flexibility index (Phi) is 6.85. The van der Waals surface area contributed by atoms with Crippen LogP contribution in [0.4, 0.5) is 0 Å². The van der Waals surface area contributed by atoms with Crippen molar-refractivity contribution in [3.63, 3.8) is 0 Å². The van der Waals surface area contributed by atoms with Crippen LogP contribution in [0.1, 0.15) is 47.2 Å². The molecule has 0 amide bonds. The molecule has 9 heteroatoms. The number of para-hydroxylation sites is 1. The number of aryl methyl sites for hydroxylation is 1.